The van der Waals surface area contributed by atoms with Crippen LogP contribution in [0.15, 0.2) is 22.8 Å². The van der Waals surface area contributed by atoms with Gasteiger partial charge in [0.1, 0.15) is 5.76 Å². The fourth-order valence-corrected chi connectivity index (χ4v) is 3.11. The molecule has 2 rings (SSSR count). The normalized spacial score (nSPS) is 16.8. The summed E-state index contributed by atoms with van der Waals surface area (Å²) in [6.07, 6.45) is 4.66. The van der Waals surface area contributed by atoms with Crippen LogP contribution < -0.4 is 0 Å². The standard InChI is InChI=1S/C18H27ClN2O4/c1-2-9-20(17(22)7-8-19)14-18(23)21(12-15-5-3-10-24-15)13-16-6-4-11-25-16/h3,5,10,16H,2,4,6-9,11-14H2,1H3/t16-/m0/s1. The molecule has 2 heterocycles. The molecule has 1 saturated heterocycles. The van der Waals surface area contributed by atoms with E-state index in [1.54, 1.807) is 22.1 Å². The Morgan fingerprint density at radius 2 is 2.16 bits per heavy atom. The zero-order chi connectivity index (χ0) is 18.1. The molecule has 0 unspecified atom stereocenters. The Kier molecular flexibility index (Phi) is 8.28. The molecule has 0 aromatic carbocycles. The van der Waals surface area contributed by atoms with Crippen LogP contribution in [0.3, 0.4) is 0 Å². The van der Waals surface area contributed by atoms with Gasteiger partial charge in [0.2, 0.25) is 11.8 Å². The van der Waals surface area contributed by atoms with E-state index in [0.717, 1.165) is 31.6 Å². The zero-order valence-corrected chi connectivity index (χ0v) is 15.5. The summed E-state index contributed by atoms with van der Waals surface area (Å²) in [7, 11) is 0. The lowest BCUT2D eigenvalue weighted by atomic mass is 10.2. The quantitative estimate of drug-likeness (QED) is 0.594. The number of halogens is 1. The highest BCUT2D eigenvalue weighted by atomic mass is 35.5. The van der Waals surface area contributed by atoms with Gasteiger partial charge in [-0.05, 0) is 31.4 Å². The van der Waals surface area contributed by atoms with Crippen LogP contribution in [0.1, 0.15) is 38.4 Å². The first kappa shape index (κ1) is 19.8. The summed E-state index contributed by atoms with van der Waals surface area (Å²) in [6, 6.07) is 3.65. The molecule has 0 bridgehead atoms. The molecule has 0 aliphatic carbocycles. The number of carbonyl (C=O) groups is 2. The van der Waals surface area contributed by atoms with Crippen LogP contribution in [0.4, 0.5) is 0 Å². The number of furan rings is 1. The van der Waals surface area contributed by atoms with Gasteiger partial charge in [0.25, 0.3) is 0 Å². The van der Waals surface area contributed by atoms with E-state index < -0.39 is 0 Å². The van der Waals surface area contributed by atoms with Crippen LogP contribution in [-0.2, 0) is 20.9 Å². The number of rotatable bonds is 10. The van der Waals surface area contributed by atoms with Gasteiger partial charge < -0.3 is 19.0 Å². The number of hydrogen-bond donors (Lipinski definition) is 0. The Bertz CT molecular complexity index is 529. The third kappa shape index (κ3) is 6.36. The fraction of sp³-hybridized carbons (Fsp3) is 0.667. The van der Waals surface area contributed by atoms with Crippen molar-refractivity contribution in [3.8, 4) is 0 Å². The molecule has 1 aromatic heterocycles. The van der Waals surface area contributed by atoms with Gasteiger partial charge in [0, 0.05) is 32.0 Å². The largest absolute Gasteiger partial charge is 0.467 e. The van der Waals surface area contributed by atoms with Gasteiger partial charge in [-0.15, -0.1) is 11.6 Å². The summed E-state index contributed by atoms with van der Waals surface area (Å²) in [5.41, 5.74) is 0. The molecule has 0 radical (unpaired) electrons. The van der Waals surface area contributed by atoms with Crippen LogP contribution in [0.25, 0.3) is 0 Å². The summed E-state index contributed by atoms with van der Waals surface area (Å²) in [4.78, 5) is 28.4. The Hall–Kier alpha value is -1.53. The Morgan fingerprint density at radius 1 is 1.32 bits per heavy atom. The van der Waals surface area contributed by atoms with Crippen molar-refractivity contribution < 1.29 is 18.7 Å². The summed E-state index contributed by atoms with van der Waals surface area (Å²) in [5.74, 6) is 0.809. The maximum Gasteiger partial charge on any atom is 0.242 e. The Balaban J connectivity index is 2.02. The minimum absolute atomic E-state index is 0.0529. The maximum absolute atomic E-state index is 12.9. The van der Waals surface area contributed by atoms with Crippen molar-refractivity contribution in [1.29, 1.82) is 0 Å². The first-order valence-corrected chi connectivity index (χ1v) is 9.43. The van der Waals surface area contributed by atoms with E-state index >= 15 is 0 Å². The number of hydrogen-bond acceptors (Lipinski definition) is 4. The fourth-order valence-electron chi connectivity index (χ4n) is 2.94. The summed E-state index contributed by atoms with van der Waals surface area (Å²) >= 11 is 5.68. The average molecular weight is 371 g/mol. The van der Waals surface area contributed by atoms with E-state index in [0.29, 0.717) is 19.6 Å². The second kappa shape index (κ2) is 10.5. The third-order valence-electron chi connectivity index (χ3n) is 4.21. The van der Waals surface area contributed by atoms with Crippen LogP contribution in [0.5, 0.6) is 0 Å². The monoisotopic (exact) mass is 370 g/mol. The third-order valence-corrected chi connectivity index (χ3v) is 4.40. The van der Waals surface area contributed by atoms with Gasteiger partial charge in [-0.1, -0.05) is 6.92 Å². The summed E-state index contributed by atoms with van der Waals surface area (Å²) < 4.78 is 11.1. The molecule has 1 aliphatic heterocycles. The van der Waals surface area contributed by atoms with Crippen molar-refractivity contribution in [1.82, 2.24) is 9.80 Å². The second-order valence-electron chi connectivity index (χ2n) is 6.24. The van der Waals surface area contributed by atoms with Crippen LogP contribution >= 0.6 is 11.6 Å². The molecule has 7 heteroatoms. The maximum atomic E-state index is 12.9. The first-order valence-electron chi connectivity index (χ1n) is 8.89. The highest BCUT2D eigenvalue weighted by molar-refractivity contribution is 6.18. The molecule has 1 aromatic rings. The Labute approximate surface area is 154 Å². The molecule has 0 spiro atoms. The molecule has 1 aliphatic rings. The van der Waals surface area contributed by atoms with Crippen LogP contribution in [-0.4, -0.2) is 59.8 Å². The molecule has 1 atom stereocenters. The summed E-state index contributed by atoms with van der Waals surface area (Å²) in [5, 5.41) is 0. The number of alkyl halides is 1. The number of nitrogens with zero attached hydrogens (tertiary/aromatic N) is 2. The smallest absolute Gasteiger partial charge is 0.242 e. The predicted octanol–water partition coefficient (Wildman–Crippen LogP) is 2.65. The highest BCUT2D eigenvalue weighted by Gasteiger charge is 2.25. The van der Waals surface area contributed by atoms with Crippen molar-refractivity contribution >= 4 is 23.4 Å². The van der Waals surface area contributed by atoms with Crippen molar-refractivity contribution in [3.63, 3.8) is 0 Å². The van der Waals surface area contributed by atoms with Crippen LogP contribution in [0, 0.1) is 0 Å². The molecule has 2 amide bonds. The first-order chi connectivity index (χ1) is 12.1. The molecular weight excluding hydrogens is 344 g/mol. The van der Waals surface area contributed by atoms with E-state index in [1.807, 2.05) is 13.0 Å². The Morgan fingerprint density at radius 3 is 2.76 bits per heavy atom. The minimum atomic E-state index is -0.0942. The molecule has 140 valence electrons. The minimum Gasteiger partial charge on any atom is -0.467 e. The lowest BCUT2D eigenvalue weighted by Gasteiger charge is -2.28. The van der Waals surface area contributed by atoms with Crippen molar-refractivity contribution in [2.24, 2.45) is 0 Å². The van der Waals surface area contributed by atoms with Crippen molar-refractivity contribution in [3.05, 3.63) is 24.2 Å². The molecule has 1 fully saturated rings. The predicted molar refractivity (Wildman–Crippen MR) is 95.3 cm³/mol. The molecule has 6 nitrogen and oxygen atoms in total. The van der Waals surface area contributed by atoms with Gasteiger partial charge in [-0.2, -0.15) is 0 Å². The van der Waals surface area contributed by atoms with E-state index in [1.165, 1.54) is 0 Å². The van der Waals surface area contributed by atoms with E-state index in [-0.39, 0.29) is 36.8 Å². The lowest BCUT2D eigenvalue weighted by Crippen LogP contribution is -2.45. The second-order valence-corrected chi connectivity index (χ2v) is 6.62. The molecular formula is C18H27ClN2O4. The average Bonchev–Trinajstić information content (AvgIpc) is 3.28. The van der Waals surface area contributed by atoms with Crippen LogP contribution in [0.2, 0.25) is 0 Å². The topological polar surface area (TPSA) is 63.0 Å². The highest BCUT2D eigenvalue weighted by Crippen LogP contribution is 2.16. The van der Waals surface area contributed by atoms with E-state index in [9.17, 15) is 9.59 Å². The molecule has 0 N–H and O–H groups in total. The zero-order valence-electron chi connectivity index (χ0n) is 14.8. The van der Waals surface area contributed by atoms with Gasteiger partial charge in [-0.25, -0.2) is 0 Å². The van der Waals surface area contributed by atoms with Crippen molar-refractivity contribution in [2.75, 3.05) is 32.1 Å². The number of carbonyl (C=O) groups excluding carboxylic acids is 2. The number of amides is 2. The molecule has 0 saturated carbocycles. The van der Waals surface area contributed by atoms with Crippen molar-refractivity contribution in [2.45, 2.75) is 45.3 Å². The molecule has 25 heavy (non-hydrogen) atoms. The van der Waals surface area contributed by atoms with Gasteiger partial charge in [-0.3, -0.25) is 9.59 Å². The lowest BCUT2D eigenvalue weighted by molar-refractivity contribution is -0.141. The summed E-state index contributed by atoms with van der Waals surface area (Å²) in [6.45, 7) is 4.24. The van der Waals surface area contributed by atoms with E-state index in [2.05, 4.69) is 0 Å². The van der Waals surface area contributed by atoms with Gasteiger partial charge >= 0.3 is 0 Å². The number of ether oxygens (including phenoxy) is 1. The van der Waals surface area contributed by atoms with Gasteiger partial charge in [0.15, 0.2) is 0 Å². The van der Waals surface area contributed by atoms with Gasteiger partial charge in [0.05, 0.1) is 25.5 Å². The SMILES string of the molecule is CCCN(CC(=O)N(Cc1ccco1)C[C@@H]1CCCO1)C(=O)CCCl. The van der Waals surface area contributed by atoms with E-state index in [4.69, 9.17) is 20.8 Å².